The molecule has 32 heavy (non-hydrogen) atoms. The van der Waals surface area contributed by atoms with Crippen LogP contribution in [-0.4, -0.2) is 31.7 Å². The first kappa shape index (κ1) is 20.0. The molecule has 7 nitrogen and oxygen atoms in total. The van der Waals surface area contributed by atoms with Crippen LogP contribution in [0.15, 0.2) is 77.2 Å². The fourth-order valence-electron chi connectivity index (χ4n) is 3.51. The summed E-state index contributed by atoms with van der Waals surface area (Å²) in [5.74, 6) is 1.90. The summed E-state index contributed by atoms with van der Waals surface area (Å²) in [6.07, 6.45) is 0.539. The van der Waals surface area contributed by atoms with E-state index in [0.29, 0.717) is 29.5 Å². The van der Waals surface area contributed by atoms with Crippen molar-refractivity contribution >= 4 is 11.0 Å². The third-order valence-electron chi connectivity index (χ3n) is 5.20. The van der Waals surface area contributed by atoms with Gasteiger partial charge in [0.15, 0.2) is 0 Å². The number of hydrogen-bond acceptors (Lipinski definition) is 6. The number of hydrogen-bond donors (Lipinski definition) is 1. The van der Waals surface area contributed by atoms with Crippen LogP contribution in [0.4, 0.5) is 0 Å². The van der Waals surface area contributed by atoms with Crippen molar-refractivity contribution in [3.63, 3.8) is 0 Å². The van der Waals surface area contributed by atoms with Gasteiger partial charge in [-0.15, -0.1) is 15.0 Å². The number of rotatable bonds is 7. The minimum atomic E-state index is 0.0640. The Morgan fingerprint density at radius 3 is 2.38 bits per heavy atom. The van der Waals surface area contributed by atoms with Gasteiger partial charge in [0.25, 0.3) is 0 Å². The summed E-state index contributed by atoms with van der Waals surface area (Å²) in [5.41, 5.74) is 4.92. The Bertz CT molecular complexity index is 1330. The second-order valence-electron chi connectivity index (χ2n) is 7.43. The zero-order valence-electron chi connectivity index (χ0n) is 17.6. The number of aliphatic hydroxyl groups is 1. The van der Waals surface area contributed by atoms with E-state index in [1.807, 2.05) is 79.7 Å². The quantitative estimate of drug-likeness (QED) is 0.412. The largest absolute Gasteiger partial charge is 0.485 e. The van der Waals surface area contributed by atoms with Crippen LogP contribution in [0.5, 0.6) is 5.75 Å². The van der Waals surface area contributed by atoms with Gasteiger partial charge in [-0.25, -0.2) is 4.98 Å². The third kappa shape index (κ3) is 3.98. The van der Waals surface area contributed by atoms with E-state index in [0.717, 1.165) is 27.9 Å². The van der Waals surface area contributed by atoms with Crippen LogP contribution in [0.2, 0.25) is 0 Å². The lowest BCUT2D eigenvalue weighted by Crippen LogP contribution is -2.06. The molecule has 5 rings (SSSR count). The Morgan fingerprint density at radius 2 is 1.66 bits per heavy atom. The van der Waals surface area contributed by atoms with E-state index < -0.39 is 0 Å². The summed E-state index contributed by atoms with van der Waals surface area (Å²) < 4.78 is 12.0. The van der Waals surface area contributed by atoms with E-state index in [2.05, 4.69) is 15.2 Å². The highest BCUT2D eigenvalue weighted by molar-refractivity contribution is 5.73. The lowest BCUT2D eigenvalue weighted by atomic mass is 10.1. The fourth-order valence-corrected chi connectivity index (χ4v) is 3.51. The average molecular weight is 426 g/mol. The monoisotopic (exact) mass is 426 g/mol. The van der Waals surface area contributed by atoms with Crippen LogP contribution < -0.4 is 4.74 Å². The van der Waals surface area contributed by atoms with Crippen molar-refractivity contribution in [3.8, 4) is 22.9 Å². The number of aromatic nitrogens is 4. The maximum Gasteiger partial charge on any atom is 0.226 e. The van der Waals surface area contributed by atoms with E-state index in [9.17, 15) is 5.11 Å². The predicted molar refractivity (Wildman–Crippen MR) is 121 cm³/mol. The minimum absolute atomic E-state index is 0.0640. The molecule has 0 aliphatic carbocycles. The number of fused-ring (bicyclic) bond motifs is 1. The second kappa shape index (κ2) is 8.64. The summed E-state index contributed by atoms with van der Waals surface area (Å²) in [6, 6.07) is 23.2. The van der Waals surface area contributed by atoms with Crippen LogP contribution >= 0.6 is 0 Å². The molecule has 3 aromatic carbocycles. The molecule has 0 bridgehead atoms. The molecular weight excluding hydrogens is 404 g/mol. The molecule has 2 heterocycles. The highest BCUT2D eigenvalue weighted by Gasteiger charge is 2.15. The van der Waals surface area contributed by atoms with Crippen LogP contribution in [0, 0.1) is 6.92 Å². The summed E-state index contributed by atoms with van der Waals surface area (Å²) >= 11 is 0. The molecule has 5 aromatic rings. The molecule has 0 aliphatic rings. The molecule has 0 saturated carbocycles. The molecule has 0 saturated heterocycles. The van der Waals surface area contributed by atoms with E-state index in [1.165, 1.54) is 0 Å². The summed E-state index contributed by atoms with van der Waals surface area (Å²) in [7, 11) is 0. The normalized spacial score (nSPS) is 11.2. The zero-order valence-corrected chi connectivity index (χ0v) is 17.6. The van der Waals surface area contributed by atoms with E-state index >= 15 is 0 Å². The Kier molecular flexibility index (Phi) is 5.39. The molecule has 2 aromatic heterocycles. The molecule has 0 amide bonds. The van der Waals surface area contributed by atoms with Crippen molar-refractivity contribution in [2.24, 2.45) is 0 Å². The molecular formula is C25H22N4O3. The van der Waals surface area contributed by atoms with Crippen molar-refractivity contribution in [1.82, 2.24) is 20.0 Å². The SMILES string of the molecule is Cc1oc(-c2ccccc2)nc1COc1ccc(CCO)cc1-n1nc2ccccc2n1. The number of benzene rings is 3. The lowest BCUT2D eigenvalue weighted by Gasteiger charge is -2.11. The van der Waals surface area contributed by atoms with Gasteiger partial charge in [-0.1, -0.05) is 36.4 Å². The van der Waals surface area contributed by atoms with Crippen molar-refractivity contribution in [3.05, 3.63) is 89.8 Å². The first-order chi connectivity index (χ1) is 15.7. The standard InChI is InChI=1S/C25H22N4O3/c1-17-22(26-25(32-17)19-7-3-2-4-8-19)16-31-24-12-11-18(13-14-30)15-23(24)29-27-20-9-5-6-10-21(20)28-29/h2-12,15,30H,13-14,16H2,1H3. The van der Waals surface area contributed by atoms with Crippen molar-refractivity contribution in [2.45, 2.75) is 20.0 Å². The lowest BCUT2D eigenvalue weighted by molar-refractivity contribution is 0.295. The topological polar surface area (TPSA) is 86.2 Å². The fraction of sp³-hybridized carbons (Fsp3) is 0.160. The Labute approximate surface area is 184 Å². The minimum Gasteiger partial charge on any atom is -0.485 e. The molecule has 0 aliphatic heterocycles. The summed E-state index contributed by atoms with van der Waals surface area (Å²) in [4.78, 5) is 6.19. The molecule has 0 spiro atoms. The second-order valence-corrected chi connectivity index (χ2v) is 7.43. The van der Waals surface area contributed by atoms with Gasteiger partial charge >= 0.3 is 0 Å². The zero-order chi connectivity index (χ0) is 21.9. The Balaban J connectivity index is 1.45. The number of aryl methyl sites for hydroxylation is 1. The van der Waals surface area contributed by atoms with Gasteiger partial charge in [-0.05, 0) is 55.3 Å². The van der Waals surface area contributed by atoms with E-state index in [4.69, 9.17) is 9.15 Å². The predicted octanol–water partition coefficient (Wildman–Crippen LogP) is 4.50. The van der Waals surface area contributed by atoms with Gasteiger partial charge in [-0.2, -0.15) is 0 Å². The third-order valence-corrected chi connectivity index (χ3v) is 5.20. The number of oxazole rings is 1. The van der Waals surface area contributed by atoms with Gasteiger partial charge in [0.1, 0.15) is 40.5 Å². The van der Waals surface area contributed by atoms with Crippen molar-refractivity contribution in [2.75, 3.05) is 6.61 Å². The smallest absolute Gasteiger partial charge is 0.226 e. The molecule has 7 heteroatoms. The maximum atomic E-state index is 9.36. The average Bonchev–Trinajstić information content (AvgIpc) is 3.42. The maximum absolute atomic E-state index is 9.36. The number of ether oxygens (including phenoxy) is 1. The van der Waals surface area contributed by atoms with E-state index in [1.54, 1.807) is 4.80 Å². The van der Waals surface area contributed by atoms with Gasteiger partial charge in [0.2, 0.25) is 5.89 Å². The molecule has 160 valence electrons. The van der Waals surface area contributed by atoms with Crippen LogP contribution in [0.25, 0.3) is 28.2 Å². The van der Waals surface area contributed by atoms with Gasteiger partial charge in [0, 0.05) is 12.2 Å². The summed E-state index contributed by atoms with van der Waals surface area (Å²) in [6.45, 7) is 2.19. The van der Waals surface area contributed by atoms with Gasteiger partial charge in [0.05, 0.1) is 0 Å². The van der Waals surface area contributed by atoms with Gasteiger partial charge in [-0.3, -0.25) is 0 Å². The highest BCUT2D eigenvalue weighted by atomic mass is 16.5. The molecule has 0 fully saturated rings. The van der Waals surface area contributed by atoms with E-state index in [-0.39, 0.29) is 13.2 Å². The van der Waals surface area contributed by atoms with Crippen LogP contribution in [0.3, 0.4) is 0 Å². The first-order valence-corrected chi connectivity index (χ1v) is 10.4. The van der Waals surface area contributed by atoms with Crippen LogP contribution in [0.1, 0.15) is 17.0 Å². The van der Waals surface area contributed by atoms with Crippen molar-refractivity contribution in [1.29, 1.82) is 0 Å². The molecule has 1 N–H and O–H groups in total. The molecule has 0 radical (unpaired) electrons. The highest BCUT2D eigenvalue weighted by Crippen LogP contribution is 2.27. The van der Waals surface area contributed by atoms with Crippen molar-refractivity contribution < 1.29 is 14.3 Å². The number of aliphatic hydroxyl groups excluding tert-OH is 1. The molecule has 0 unspecified atom stereocenters. The Morgan fingerprint density at radius 1 is 0.938 bits per heavy atom. The first-order valence-electron chi connectivity index (χ1n) is 10.4. The molecule has 0 atom stereocenters. The number of nitrogens with zero attached hydrogens (tertiary/aromatic N) is 4. The van der Waals surface area contributed by atoms with Gasteiger partial charge < -0.3 is 14.3 Å². The summed E-state index contributed by atoms with van der Waals surface area (Å²) in [5, 5.41) is 18.5. The Hall–Kier alpha value is -3.97. The van der Waals surface area contributed by atoms with Crippen LogP contribution in [-0.2, 0) is 13.0 Å².